The van der Waals surface area contributed by atoms with Crippen LogP contribution in [-0.2, 0) is 25.0 Å². The van der Waals surface area contributed by atoms with Crippen molar-refractivity contribution in [3.63, 3.8) is 0 Å². The minimum Gasteiger partial charge on any atom is -0.338 e. The zero-order chi connectivity index (χ0) is 29.6. The zero-order valence-corrected chi connectivity index (χ0v) is 22.5. The van der Waals surface area contributed by atoms with Gasteiger partial charge in [0.15, 0.2) is 11.9 Å². The van der Waals surface area contributed by atoms with Gasteiger partial charge in [0.1, 0.15) is 5.02 Å². The van der Waals surface area contributed by atoms with E-state index in [4.69, 9.17) is 16.2 Å². The van der Waals surface area contributed by atoms with E-state index < -0.39 is 64.8 Å². The van der Waals surface area contributed by atoms with Crippen LogP contribution in [0.25, 0.3) is 0 Å². The van der Waals surface area contributed by atoms with Gasteiger partial charge < -0.3 is 5.32 Å². The Balaban J connectivity index is 1.68. The third-order valence-corrected chi connectivity index (χ3v) is 7.48. The lowest BCUT2D eigenvalue weighted by Crippen LogP contribution is -2.29. The van der Waals surface area contributed by atoms with E-state index in [1.165, 1.54) is 26.0 Å². The quantitative estimate of drug-likeness (QED) is 0.152. The van der Waals surface area contributed by atoms with E-state index in [1.54, 1.807) is 0 Å². The monoisotopic (exact) mass is 615 g/mol. The van der Waals surface area contributed by atoms with Crippen LogP contribution in [0.2, 0.25) is 5.02 Å². The predicted octanol–water partition coefficient (Wildman–Crippen LogP) is 3.83. The molecular formula is C21H16ClF2N7O7S2. The molecule has 0 bridgehead atoms. The highest BCUT2D eigenvalue weighted by Gasteiger charge is 2.35. The number of amides is 1. The van der Waals surface area contributed by atoms with Gasteiger partial charge >= 0.3 is 6.08 Å². The van der Waals surface area contributed by atoms with Crippen LogP contribution >= 0.6 is 11.6 Å². The first-order valence-corrected chi connectivity index (χ1v) is 14.0. The number of hydrogen-bond donors (Lipinski definition) is 3. The second-order valence-electron chi connectivity index (χ2n) is 8.14. The highest BCUT2D eigenvalue weighted by atomic mass is 35.5. The number of carbonyl (C=O) groups excluding carboxylic acids is 1. The predicted molar refractivity (Wildman–Crippen MR) is 136 cm³/mol. The molecule has 40 heavy (non-hydrogen) atoms. The normalized spacial score (nSPS) is 16.1. The van der Waals surface area contributed by atoms with Gasteiger partial charge in [-0.3, -0.25) is 13.9 Å². The van der Waals surface area contributed by atoms with Gasteiger partial charge in [-0.15, -0.1) is 0 Å². The number of nitrogens with one attached hydrogen (secondary N) is 1. The van der Waals surface area contributed by atoms with E-state index >= 15 is 0 Å². The van der Waals surface area contributed by atoms with Gasteiger partial charge in [0, 0.05) is 11.3 Å². The summed E-state index contributed by atoms with van der Waals surface area (Å²) in [5.74, 6) is -2.62. The number of rotatable bonds is 7. The van der Waals surface area contributed by atoms with Crippen molar-refractivity contribution in [3.05, 3.63) is 59.0 Å². The summed E-state index contributed by atoms with van der Waals surface area (Å²) >= 11 is 5.78. The molecule has 2 heterocycles. The molecule has 0 aliphatic carbocycles. The first-order chi connectivity index (χ1) is 18.6. The van der Waals surface area contributed by atoms with Crippen LogP contribution < -0.4 is 10.3 Å². The number of aromatic nitrogens is 2. The van der Waals surface area contributed by atoms with E-state index in [0.29, 0.717) is 0 Å². The number of anilines is 3. The lowest BCUT2D eigenvalue weighted by molar-refractivity contribution is -0.117. The third-order valence-electron chi connectivity index (χ3n) is 5.44. The van der Waals surface area contributed by atoms with Crippen molar-refractivity contribution < 1.29 is 39.5 Å². The Labute approximate surface area is 229 Å². The Morgan fingerprint density at radius 3 is 2.23 bits per heavy atom. The van der Waals surface area contributed by atoms with E-state index in [2.05, 4.69) is 30.6 Å². The van der Waals surface area contributed by atoms with E-state index in [-0.39, 0.29) is 28.3 Å². The van der Waals surface area contributed by atoms with Crippen molar-refractivity contribution in [2.75, 3.05) is 10.3 Å². The molecule has 19 heteroatoms. The first-order valence-electron chi connectivity index (χ1n) is 10.7. The molecule has 1 atom stereocenters. The van der Waals surface area contributed by atoms with Crippen LogP contribution in [0.5, 0.6) is 0 Å². The largest absolute Gasteiger partial charge is 0.338 e. The van der Waals surface area contributed by atoms with Gasteiger partial charge in [0.25, 0.3) is 26.1 Å². The average molecular weight is 616 g/mol. The molecule has 1 unspecified atom stereocenters. The fourth-order valence-corrected chi connectivity index (χ4v) is 4.55. The Kier molecular flexibility index (Phi) is 7.65. The summed E-state index contributed by atoms with van der Waals surface area (Å²) < 4.78 is 92.3. The fraction of sp³-hybridized carbons (Fsp3) is 0.143. The Morgan fingerprint density at radius 2 is 1.62 bits per heavy atom. The number of hydrazone groups is 1. The summed E-state index contributed by atoms with van der Waals surface area (Å²) in [6.45, 7) is 2.88. The number of nitrogens with zero attached hydrogens (tertiary/aromatic N) is 6. The van der Waals surface area contributed by atoms with Crippen LogP contribution in [0, 0.1) is 18.9 Å². The highest BCUT2D eigenvalue weighted by molar-refractivity contribution is 7.86. The van der Waals surface area contributed by atoms with Crippen LogP contribution in [0.15, 0.2) is 61.5 Å². The number of benzene rings is 2. The first kappa shape index (κ1) is 29.0. The topological polar surface area (TPSA) is 204 Å². The number of azo groups is 1. The molecule has 3 N–H and O–H groups in total. The lowest BCUT2D eigenvalue weighted by atomic mass is 10.1. The molecule has 14 nitrogen and oxygen atoms in total. The molecule has 210 valence electrons. The van der Waals surface area contributed by atoms with Crippen molar-refractivity contribution in [2.24, 2.45) is 15.3 Å². The second-order valence-corrected chi connectivity index (χ2v) is 11.4. The summed E-state index contributed by atoms with van der Waals surface area (Å²) in [7, 11) is -9.27. The van der Waals surface area contributed by atoms with Crippen molar-refractivity contribution in [1.29, 1.82) is 0 Å². The summed E-state index contributed by atoms with van der Waals surface area (Å²) in [4.78, 5) is 18.1. The van der Waals surface area contributed by atoms with Crippen LogP contribution in [0.1, 0.15) is 12.5 Å². The standard InChI is InChI=1S/C21H16ClF2N7O7S2/c1-9-14(25-19-16(22)18(23)26-21(24)27-19)7-13(40(36,37)38)8-15(9)28-29-17-10(2)30-31(20(17)32)11-3-5-12(6-4-11)39(33,34)35/h3-8,17H,1-2H3,(H,25,26,27)(H,33,34,35)(H,36,37,38). The van der Waals surface area contributed by atoms with E-state index in [1.807, 2.05) is 0 Å². The molecule has 0 saturated carbocycles. The maximum atomic E-state index is 13.8. The molecule has 1 amide bonds. The molecule has 2 aromatic carbocycles. The minimum atomic E-state index is -4.82. The summed E-state index contributed by atoms with van der Waals surface area (Å²) in [5, 5.41) is 14.7. The van der Waals surface area contributed by atoms with Crippen LogP contribution in [0.3, 0.4) is 0 Å². The molecule has 0 radical (unpaired) electrons. The molecule has 0 saturated heterocycles. The summed E-state index contributed by atoms with van der Waals surface area (Å²) in [6, 6.07) is 5.21. The van der Waals surface area contributed by atoms with Crippen molar-refractivity contribution >= 4 is 66.3 Å². The fourth-order valence-electron chi connectivity index (χ4n) is 3.41. The van der Waals surface area contributed by atoms with E-state index in [9.17, 15) is 35.0 Å². The van der Waals surface area contributed by atoms with Gasteiger partial charge in [-0.2, -0.15) is 55.9 Å². The summed E-state index contributed by atoms with van der Waals surface area (Å²) in [5.41, 5.74) is 0.191. The SMILES string of the molecule is CC1=NN(c2ccc(S(=O)(=O)O)cc2)C(=O)C1N=Nc1cc(S(=O)(=O)O)cc(Nc2nc(F)nc(F)c2Cl)c1C. The molecule has 1 aromatic heterocycles. The molecule has 1 aliphatic heterocycles. The maximum absolute atomic E-state index is 13.8. The van der Waals surface area contributed by atoms with Gasteiger partial charge in [0.05, 0.1) is 26.9 Å². The maximum Gasteiger partial charge on any atom is 0.313 e. The third kappa shape index (κ3) is 5.94. The number of halogens is 3. The molecule has 1 aliphatic rings. The number of carbonyl (C=O) groups is 1. The Bertz CT molecular complexity index is 1820. The highest BCUT2D eigenvalue weighted by Crippen LogP contribution is 2.35. The minimum absolute atomic E-state index is 0.132. The average Bonchev–Trinajstić information content (AvgIpc) is 3.14. The number of hydrogen-bond acceptors (Lipinski definition) is 11. The van der Waals surface area contributed by atoms with Gasteiger partial charge in [0.2, 0.25) is 5.95 Å². The molecular weight excluding hydrogens is 600 g/mol. The Hall–Kier alpha value is -3.97. The van der Waals surface area contributed by atoms with Crippen LogP contribution in [0.4, 0.5) is 31.7 Å². The van der Waals surface area contributed by atoms with Crippen molar-refractivity contribution in [3.8, 4) is 0 Å². The van der Waals surface area contributed by atoms with Gasteiger partial charge in [-0.05, 0) is 50.2 Å². The molecule has 3 aromatic rings. The lowest BCUT2D eigenvalue weighted by Gasteiger charge is -2.14. The van der Waals surface area contributed by atoms with Gasteiger partial charge in [-0.25, -0.2) is 0 Å². The van der Waals surface area contributed by atoms with Crippen molar-refractivity contribution in [2.45, 2.75) is 29.7 Å². The molecule has 0 fully saturated rings. The zero-order valence-electron chi connectivity index (χ0n) is 20.1. The Morgan fingerprint density at radius 1 is 1.00 bits per heavy atom. The van der Waals surface area contributed by atoms with E-state index in [0.717, 1.165) is 29.3 Å². The smallest absolute Gasteiger partial charge is 0.313 e. The second kappa shape index (κ2) is 10.5. The molecule has 0 spiro atoms. The molecule has 4 rings (SSSR count). The van der Waals surface area contributed by atoms with Crippen molar-refractivity contribution in [1.82, 2.24) is 9.97 Å². The summed E-state index contributed by atoms with van der Waals surface area (Å²) in [6.07, 6.45) is -1.46. The van der Waals surface area contributed by atoms with Crippen LogP contribution in [-0.4, -0.2) is 53.6 Å². The van der Waals surface area contributed by atoms with Gasteiger partial charge in [-0.1, -0.05) is 11.6 Å².